The minimum Gasteiger partial charge on any atom is -0.494 e. The van der Waals surface area contributed by atoms with Crippen LogP contribution in [0, 0.1) is 5.82 Å². The largest absolute Gasteiger partial charge is 0.494 e. The van der Waals surface area contributed by atoms with Crippen LogP contribution in [0.15, 0.2) is 41.3 Å². The van der Waals surface area contributed by atoms with Crippen LogP contribution in [0.3, 0.4) is 0 Å². The summed E-state index contributed by atoms with van der Waals surface area (Å²) < 4.78 is 52.2. The molecular formula is C20H24FN3O4S. The Morgan fingerprint density at radius 3 is 2.79 bits per heavy atom. The van der Waals surface area contributed by atoms with Gasteiger partial charge in [-0.1, -0.05) is 0 Å². The second-order valence-corrected chi connectivity index (χ2v) is 8.83. The first-order valence-corrected chi connectivity index (χ1v) is 11.1. The van der Waals surface area contributed by atoms with Crippen LogP contribution in [-0.2, 0) is 10.0 Å². The Balaban J connectivity index is 1.48. The van der Waals surface area contributed by atoms with Gasteiger partial charge in [0.2, 0.25) is 0 Å². The quantitative estimate of drug-likeness (QED) is 0.682. The van der Waals surface area contributed by atoms with Crippen LogP contribution in [0.4, 0.5) is 15.8 Å². The van der Waals surface area contributed by atoms with Gasteiger partial charge in [-0.2, -0.15) is 0 Å². The fourth-order valence-corrected chi connectivity index (χ4v) is 4.35. The van der Waals surface area contributed by atoms with Crippen LogP contribution in [0.2, 0.25) is 0 Å². The summed E-state index contributed by atoms with van der Waals surface area (Å²) in [5, 5.41) is 3.49. The van der Waals surface area contributed by atoms with E-state index in [4.69, 9.17) is 9.47 Å². The summed E-state index contributed by atoms with van der Waals surface area (Å²) in [5.41, 5.74) is 1.30. The Bertz CT molecular complexity index is 995. The third-order valence-electron chi connectivity index (χ3n) is 5.00. The van der Waals surface area contributed by atoms with Crippen molar-refractivity contribution >= 4 is 21.4 Å². The molecule has 29 heavy (non-hydrogen) atoms. The van der Waals surface area contributed by atoms with Gasteiger partial charge in [-0.15, -0.1) is 0 Å². The number of sulfonamides is 1. The number of hydrogen-bond acceptors (Lipinski definition) is 6. The number of anilines is 2. The van der Waals surface area contributed by atoms with Gasteiger partial charge in [0, 0.05) is 25.2 Å². The highest BCUT2D eigenvalue weighted by Crippen LogP contribution is 2.34. The number of ether oxygens (including phenoxy) is 2. The smallest absolute Gasteiger partial charge is 0.262 e. The highest BCUT2D eigenvalue weighted by atomic mass is 32.2. The van der Waals surface area contributed by atoms with Crippen molar-refractivity contribution in [2.45, 2.75) is 23.8 Å². The zero-order valence-electron chi connectivity index (χ0n) is 16.2. The summed E-state index contributed by atoms with van der Waals surface area (Å²) in [6.07, 6.45) is 2.50. The predicted molar refractivity (Wildman–Crippen MR) is 109 cm³/mol. The van der Waals surface area contributed by atoms with E-state index < -0.39 is 15.8 Å². The van der Waals surface area contributed by atoms with Crippen molar-refractivity contribution in [3.05, 3.63) is 42.2 Å². The lowest BCUT2D eigenvalue weighted by molar-refractivity contribution is 0.307. The van der Waals surface area contributed by atoms with E-state index in [1.54, 1.807) is 12.1 Å². The monoisotopic (exact) mass is 421 g/mol. The van der Waals surface area contributed by atoms with Crippen LogP contribution in [0.1, 0.15) is 12.8 Å². The number of nitrogens with one attached hydrogen (secondary N) is 2. The fraction of sp³-hybridized carbons (Fsp3) is 0.400. The molecule has 0 radical (unpaired) electrons. The zero-order valence-corrected chi connectivity index (χ0v) is 17.0. The van der Waals surface area contributed by atoms with Crippen LogP contribution in [0.5, 0.6) is 11.5 Å². The lowest BCUT2D eigenvalue weighted by Crippen LogP contribution is -2.38. The number of nitrogens with zero attached hydrogens (tertiary/aromatic N) is 1. The Hall–Kier alpha value is -2.52. The second-order valence-electron chi connectivity index (χ2n) is 7.15. The van der Waals surface area contributed by atoms with Crippen molar-refractivity contribution in [1.82, 2.24) is 5.32 Å². The standard InChI is InChI=1S/C20H24FN3O4S/c1-27-19-7-5-16(13-17(19)21)29(25,26)23-15-4-6-18-20(12-15)28-11-10-24(18)9-8-22-14-2-3-14/h4-7,12-14,22-23H,2-3,8-11H2,1H3. The molecule has 2 N–H and O–H groups in total. The normalized spacial score (nSPS) is 16.1. The molecule has 0 aromatic heterocycles. The molecule has 0 atom stereocenters. The molecule has 1 aliphatic heterocycles. The molecule has 0 spiro atoms. The van der Waals surface area contributed by atoms with E-state index >= 15 is 0 Å². The number of methoxy groups -OCH3 is 1. The molecule has 7 nitrogen and oxygen atoms in total. The summed E-state index contributed by atoms with van der Waals surface area (Å²) in [6.45, 7) is 3.09. The molecule has 0 saturated heterocycles. The third kappa shape index (κ3) is 4.56. The molecule has 1 saturated carbocycles. The van der Waals surface area contributed by atoms with E-state index in [1.165, 1.54) is 32.1 Å². The van der Waals surface area contributed by atoms with Crippen LogP contribution in [0.25, 0.3) is 0 Å². The van der Waals surface area contributed by atoms with E-state index in [-0.39, 0.29) is 10.6 Å². The van der Waals surface area contributed by atoms with E-state index in [2.05, 4.69) is 14.9 Å². The lowest BCUT2D eigenvalue weighted by Gasteiger charge is -2.31. The minimum absolute atomic E-state index is 0.0117. The van der Waals surface area contributed by atoms with Crippen molar-refractivity contribution in [2.75, 3.05) is 43.0 Å². The zero-order chi connectivity index (χ0) is 20.4. The topological polar surface area (TPSA) is 79.9 Å². The molecule has 1 aliphatic carbocycles. The molecular weight excluding hydrogens is 397 g/mol. The lowest BCUT2D eigenvalue weighted by atomic mass is 10.2. The van der Waals surface area contributed by atoms with Gasteiger partial charge < -0.3 is 19.7 Å². The molecule has 1 fully saturated rings. The van der Waals surface area contributed by atoms with Gasteiger partial charge in [0.05, 0.1) is 29.9 Å². The summed E-state index contributed by atoms with van der Waals surface area (Å²) in [4.78, 5) is 2.05. The molecule has 0 amide bonds. The van der Waals surface area contributed by atoms with E-state index in [9.17, 15) is 12.8 Å². The van der Waals surface area contributed by atoms with Gasteiger partial charge in [0.15, 0.2) is 11.6 Å². The Morgan fingerprint density at radius 1 is 1.24 bits per heavy atom. The second kappa shape index (κ2) is 8.08. The molecule has 156 valence electrons. The average Bonchev–Trinajstić information content (AvgIpc) is 3.52. The number of benzene rings is 2. The van der Waals surface area contributed by atoms with E-state index in [1.807, 2.05) is 6.07 Å². The Morgan fingerprint density at radius 2 is 2.07 bits per heavy atom. The predicted octanol–water partition coefficient (Wildman–Crippen LogP) is 2.59. The summed E-state index contributed by atoms with van der Waals surface area (Å²) in [6, 6.07) is 9.37. The van der Waals surface area contributed by atoms with E-state index in [0.29, 0.717) is 24.1 Å². The molecule has 9 heteroatoms. The van der Waals surface area contributed by atoms with Gasteiger partial charge in [-0.05, 0) is 43.2 Å². The summed E-state index contributed by atoms with van der Waals surface area (Å²) >= 11 is 0. The van der Waals surface area contributed by atoms with Crippen LogP contribution < -0.4 is 24.4 Å². The first-order chi connectivity index (χ1) is 14.0. The maximum atomic E-state index is 13.9. The Kier molecular flexibility index (Phi) is 5.51. The maximum Gasteiger partial charge on any atom is 0.262 e. The van der Waals surface area contributed by atoms with Crippen LogP contribution >= 0.6 is 0 Å². The van der Waals surface area contributed by atoms with Crippen molar-refractivity contribution < 1.29 is 22.3 Å². The summed E-state index contributed by atoms with van der Waals surface area (Å²) in [7, 11) is -2.62. The number of rotatable bonds is 8. The molecule has 4 rings (SSSR count). The number of halogens is 1. The van der Waals surface area contributed by atoms with Gasteiger partial charge in [-0.25, -0.2) is 12.8 Å². The fourth-order valence-electron chi connectivity index (χ4n) is 3.29. The number of fused-ring (bicyclic) bond motifs is 1. The number of hydrogen-bond donors (Lipinski definition) is 2. The van der Waals surface area contributed by atoms with Gasteiger partial charge >= 0.3 is 0 Å². The molecule has 2 aliphatic rings. The first-order valence-electron chi connectivity index (χ1n) is 9.58. The van der Waals surface area contributed by atoms with Crippen molar-refractivity contribution in [3.8, 4) is 11.5 Å². The molecule has 0 unspecified atom stereocenters. The molecule has 2 aromatic rings. The SMILES string of the molecule is COc1ccc(S(=O)(=O)Nc2ccc3c(c2)OCCN3CCNC2CC2)cc1F. The highest BCUT2D eigenvalue weighted by molar-refractivity contribution is 7.92. The van der Waals surface area contributed by atoms with Gasteiger partial charge in [0.1, 0.15) is 12.4 Å². The Labute approximate surface area is 169 Å². The first kappa shape index (κ1) is 19.8. The third-order valence-corrected chi connectivity index (χ3v) is 6.38. The molecule has 1 heterocycles. The van der Waals surface area contributed by atoms with E-state index in [0.717, 1.165) is 31.4 Å². The summed E-state index contributed by atoms with van der Waals surface area (Å²) in [5.74, 6) is -0.120. The van der Waals surface area contributed by atoms with Gasteiger partial charge in [-0.3, -0.25) is 4.72 Å². The highest BCUT2D eigenvalue weighted by Gasteiger charge is 2.23. The molecule has 0 bridgehead atoms. The maximum absolute atomic E-state index is 13.9. The average molecular weight is 421 g/mol. The van der Waals surface area contributed by atoms with Crippen molar-refractivity contribution in [3.63, 3.8) is 0 Å². The molecule has 2 aromatic carbocycles. The van der Waals surface area contributed by atoms with Crippen LogP contribution in [-0.4, -0.2) is 47.8 Å². The van der Waals surface area contributed by atoms with Crippen molar-refractivity contribution in [2.24, 2.45) is 0 Å². The minimum atomic E-state index is -3.94. The van der Waals surface area contributed by atoms with Crippen molar-refractivity contribution in [1.29, 1.82) is 0 Å². The van der Waals surface area contributed by atoms with Gasteiger partial charge in [0.25, 0.3) is 10.0 Å².